The number of rotatable bonds is 9. The summed E-state index contributed by atoms with van der Waals surface area (Å²) < 4.78 is 1.94. The van der Waals surface area contributed by atoms with Crippen LogP contribution in [0.2, 0.25) is 10.0 Å². The molecule has 0 unspecified atom stereocenters. The van der Waals surface area contributed by atoms with Gasteiger partial charge in [-0.3, -0.25) is 9.59 Å². The third-order valence-corrected chi connectivity index (χ3v) is 7.00. The van der Waals surface area contributed by atoms with Gasteiger partial charge in [-0.15, -0.1) is 10.2 Å². The number of hydrogen-bond donors (Lipinski definition) is 2. The van der Waals surface area contributed by atoms with Gasteiger partial charge in [0.05, 0.1) is 15.8 Å². The zero-order valence-corrected chi connectivity index (χ0v) is 21.3. The summed E-state index contributed by atoms with van der Waals surface area (Å²) in [5.74, 6) is 0.579. The van der Waals surface area contributed by atoms with Gasteiger partial charge in [0.15, 0.2) is 5.16 Å². The molecule has 0 bridgehead atoms. The first-order chi connectivity index (χ1) is 16.9. The Hall–Kier alpha value is -3.07. The molecule has 1 aromatic heterocycles. The molecule has 2 amide bonds. The predicted molar refractivity (Wildman–Crippen MR) is 141 cm³/mol. The minimum atomic E-state index is -0.244. The number of carbonyl (C=O) groups is 2. The molecule has 10 heteroatoms. The van der Waals surface area contributed by atoms with Crippen LogP contribution >= 0.6 is 35.0 Å². The second-order valence-corrected chi connectivity index (χ2v) is 9.43. The maximum Gasteiger partial charge on any atom is 0.251 e. The molecule has 0 saturated carbocycles. The number of benzene rings is 3. The minimum Gasteiger partial charge on any atom is -0.352 e. The van der Waals surface area contributed by atoms with E-state index in [0.717, 1.165) is 22.3 Å². The highest BCUT2D eigenvalue weighted by Gasteiger charge is 2.14. The Morgan fingerprint density at radius 1 is 0.971 bits per heavy atom. The Bertz CT molecular complexity index is 1380. The number of fused-ring (bicyclic) bond motifs is 1. The van der Waals surface area contributed by atoms with Crippen LogP contribution in [0.15, 0.2) is 65.8 Å². The summed E-state index contributed by atoms with van der Waals surface area (Å²) in [7, 11) is 0. The molecule has 0 aliphatic heterocycles. The molecule has 0 aliphatic carbocycles. The number of nitrogens with one attached hydrogen (secondary N) is 2. The molecule has 2 N–H and O–H groups in total. The molecule has 0 radical (unpaired) electrons. The topological polar surface area (TPSA) is 88.9 Å². The molecule has 7 nitrogen and oxygen atoms in total. The SMILES string of the molecule is CCn1c(CCNC(=O)c2ccc(Cl)c(Cl)c2)nnc1SCC(=O)Nc1ccc2ccccc2c1. The fourth-order valence-electron chi connectivity index (χ4n) is 3.55. The molecular weight excluding hydrogens is 505 g/mol. The van der Waals surface area contributed by atoms with Gasteiger partial charge in [-0.2, -0.15) is 0 Å². The number of anilines is 1. The van der Waals surface area contributed by atoms with Crippen LogP contribution in [-0.4, -0.2) is 38.9 Å². The number of halogens is 2. The van der Waals surface area contributed by atoms with Crippen molar-refractivity contribution in [3.63, 3.8) is 0 Å². The Morgan fingerprint density at radius 2 is 1.77 bits per heavy atom. The smallest absolute Gasteiger partial charge is 0.251 e. The highest BCUT2D eigenvalue weighted by atomic mass is 35.5. The molecule has 180 valence electrons. The van der Waals surface area contributed by atoms with Crippen LogP contribution in [0.1, 0.15) is 23.1 Å². The summed E-state index contributed by atoms with van der Waals surface area (Å²) in [6.45, 7) is 3.02. The van der Waals surface area contributed by atoms with Crippen molar-refractivity contribution < 1.29 is 9.59 Å². The van der Waals surface area contributed by atoms with E-state index in [1.165, 1.54) is 17.8 Å². The summed E-state index contributed by atoms with van der Waals surface area (Å²) >= 11 is 13.2. The van der Waals surface area contributed by atoms with Crippen molar-refractivity contribution in [1.29, 1.82) is 0 Å². The van der Waals surface area contributed by atoms with E-state index in [4.69, 9.17) is 23.2 Å². The first-order valence-corrected chi connectivity index (χ1v) is 12.8. The number of nitrogens with zero attached hydrogens (tertiary/aromatic N) is 3. The third-order valence-electron chi connectivity index (χ3n) is 5.29. The van der Waals surface area contributed by atoms with Crippen molar-refractivity contribution in [1.82, 2.24) is 20.1 Å². The fraction of sp³-hybridized carbons (Fsp3) is 0.200. The predicted octanol–water partition coefficient (Wildman–Crippen LogP) is 5.46. The lowest BCUT2D eigenvalue weighted by atomic mass is 10.1. The first kappa shape index (κ1) is 25.0. The number of thioether (sulfide) groups is 1. The molecule has 0 spiro atoms. The summed E-state index contributed by atoms with van der Waals surface area (Å²) in [4.78, 5) is 24.9. The van der Waals surface area contributed by atoms with E-state index in [2.05, 4.69) is 20.8 Å². The van der Waals surface area contributed by atoms with Gasteiger partial charge in [0.2, 0.25) is 5.91 Å². The average molecular weight is 528 g/mol. The standard InChI is InChI=1S/C25H23Cl2N5O2S/c1-2-32-22(11-12-28-24(34)18-8-10-20(26)21(27)14-18)30-31-25(32)35-15-23(33)29-19-9-7-16-5-3-4-6-17(16)13-19/h3-10,13-14H,2,11-12,15H2,1H3,(H,28,34)(H,29,33). The first-order valence-electron chi connectivity index (χ1n) is 11.0. The number of carbonyl (C=O) groups excluding carboxylic acids is 2. The van der Waals surface area contributed by atoms with Crippen LogP contribution in [0.5, 0.6) is 0 Å². The van der Waals surface area contributed by atoms with Crippen LogP contribution in [0.4, 0.5) is 5.69 Å². The second-order valence-electron chi connectivity index (χ2n) is 7.68. The highest BCUT2D eigenvalue weighted by molar-refractivity contribution is 7.99. The Balaban J connectivity index is 1.30. The number of amides is 2. The van der Waals surface area contributed by atoms with Gasteiger partial charge in [0, 0.05) is 30.8 Å². The van der Waals surface area contributed by atoms with Gasteiger partial charge in [-0.1, -0.05) is 65.3 Å². The zero-order chi connectivity index (χ0) is 24.8. The summed E-state index contributed by atoms with van der Waals surface area (Å²) in [6.07, 6.45) is 0.498. The van der Waals surface area contributed by atoms with Gasteiger partial charge >= 0.3 is 0 Å². The summed E-state index contributed by atoms with van der Waals surface area (Å²) in [6, 6.07) is 18.6. The van der Waals surface area contributed by atoms with E-state index in [0.29, 0.717) is 40.3 Å². The largest absolute Gasteiger partial charge is 0.352 e. The van der Waals surface area contributed by atoms with Gasteiger partial charge in [0.25, 0.3) is 5.91 Å². The van der Waals surface area contributed by atoms with Gasteiger partial charge in [0.1, 0.15) is 5.82 Å². The van der Waals surface area contributed by atoms with Crippen molar-refractivity contribution >= 4 is 63.2 Å². The minimum absolute atomic E-state index is 0.119. The maximum atomic E-state index is 12.5. The fourth-order valence-corrected chi connectivity index (χ4v) is 4.67. The molecule has 0 fully saturated rings. The van der Waals surface area contributed by atoms with Crippen LogP contribution in [0.25, 0.3) is 10.8 Å². The van der Waals surface area contributed by atoms with Crippen LogP contribution in [0, 0.1) is 0 Å². The molecule has 1 heterocycles. The summed E-state index contributed by atoms with van der Waals surface area (Å²) in [5.41, 5.74) is 1.19. The molecule has 35 heavy (non-hydrogen) atoms. The van der Waals surface area contributed by atoms with E-state index >= 15 is 0 Å². The van der Waals surface area contributed by atoms with Gasteiger partial charge in [-0.25, -0.2) is 0 Å². The van der Waals surface area contributed by atoms with E-state index in [1.807, 2.05) is 54.0 Å². The lowest BCUT2D eigenvalue weighted by Gasteiger charge is -2.09. The summed E-state index contributed by atoms with van der Waals surface area (Å²) in [5, 5.41) is 17.9. The van der Waals surface area contributed by atoms with E-state index in [9.17, 15) is 9.59 Å². The third kappa shape index (κ3) is 6.33. The van der Waals surface area contributed by atoms with Crippen LogP contribution in [-0.2, 0) is 17.8 Å². The maximum absolute atomic E-state index is 12.5. The van der Waals surface area contributed by atoms with Gasteiger partial charge < -0.3 is 15.2 Å². The molecule has 3 aromatic carbocycles. The van der Waals surface area contributed by atoms with Crippen molar-refractivity contribution in [2.45, 2.75) is 25.0 Å². The normalized spacial score (nSPS) is 10.9. The number of hydrogen-bond acceptors (Lipinski definition) is 5. The van der Waals surface area contributed by atoms with Crippen molar-refractivity contribution in [2.75, 3.05) is 17.6 Å². The highest BCUT2D eigenvalue weighted by Crippen LogP contribution is 2.23. The van der Waals surface area contributed by atoms with Gasteiger partial charge in [-0.05, 0) is 48.0 Å². The van der Waals surface area contributed by atoms with Crippen molar-refractivity contribution in [3.05, 3.63) is 82.1 Å². The molecule has 0 atom stereocenters. The Morgan fingerprint density at radius 3 is 2.54 bits per heavy atom. The Kier molecular flexibility index (Phi) is 8.28. The Labute approximate surface area is 217 Å². The lowest BCUT2D eigenvalue weighted by molar-refractivity contribution is -0.113. The van der Waals surface area contributed by atoms with E-state index < -0.39 is 0 Å². The molecule has 0 aliphatic rings. The van der Waals surface area contributed by atoms with E-state index in [1.54, 1.807) is 12.1 Å². The molecule has 4 rings (SSSR count). The van der Waals surface area contributed by atoms with Crippen molar-refractivity contribution in [3.8, 4) is 0 Å². The van der Waals surface area contributed by atoms with E-state index in [-0.39, 0.29) is 17.6 Å². The monoisotopic (exact) mass is 527 g/mol. The molecular formula is C25H23Cl2N5O2S. The van der Waals surface area contributed by atoms with Crippen LogP contribution in [0.3, 0.4) is 0 Å². The quantitative estimate of drug-likeness (QED) is 0.282. The average Bonchev–Trinajstić information content (AvgIpc) is 3.26. The lowest BCUT2D eigenvalue weighted by Crippen LogP contribution is -2.26. The second kappa shape index (κ2) is 11.6. The van der Waals surface area contributed by atoms with Crippen molar-refractivity contribution in [2.24, 2.45) is 0 Å². The number of aromatic nitrogens is 3. The molecule has 0 saturated heterocycles. The zero-order valence-electron chi connectivity index (χ0n) is 18.9. The van der Waals surface area contributed by atoms with Crippen LogP contribution < -0.4 is 10.6 Å². The molecule has 4 aromatic rings.